The number of hydrogen-bond acceptors (Lipinski definition) is 4. The van der Waals surface area contributed by atoms with Gasteiger partial charge in [0.1, 0.15) is 18.0 Å². The Hall–Kier alpha value is -3.81. The molecule has 3 aromatic rings. The van der Waals surface area contributed by atoms with Crippen molar-refractivity contribution in [1.82, 2.24) is 0 Å². The Labute approximate surface area is 189 Å². The number of anilines is 1. The van der Waals surface area contributed by atoms with E-state index in [1.165, 1.54) is 0 Å². The maximum absolute atomic E-state index is 13.0. The van der Waals surface area contributed by atoms with Crippen LogP contribution in [0.25, 0.3) is 0 Å². The molecular formula is C25H22F3NO4. The van der Waals surface area contributed by atoms with Crippen LogP contribution in [0.5, 0.6) is 11.5 Å². The van der Waals surface area contributed by atoms with Crippen LogP contribution in [0.1, 0.15) is 18.1 Å². The van der Waals surface area contributed by atoms with Crippen LogP contribution in [0, 0.1) is 0 Å². The Morgan fingerprint density at radius 3 is 2.03 bits per heavy atom. The van der Waals surface area contributed by atoms with Crippen molar-refractivity contribution in [1.29, 1.82) is 0 Å². The molecule has 0 unspecified atom stereocenters. The van der Waals surface area contributed by atoms with E-state index in [1.54, 1.807) is 31.2 Å². The molecule has 0 fully saturated rings. The summed E-state index contributed by atoms with van der Waals surface area (Å²) < 4.78 is 49.3. The predicted molar refractivity (Wildman–Crippen MR) is 117 cm³/mol. The quantitative estimate of drug-likeness (QED) is 0.411. The number of para-hydroxylation sites is 1. The first-order chi connectivity index (χ1) is 15.8. The highest BCUT2D eigenvalue weighted by atomic mass is 19.4. The van der Waals surface area contributed by atoms with Crippen molar-refractivity contribution in [3.63, 3.8) is 0 Å². The fourth-order valence-electron chi connectivity index (χ4n) is 3.06. The van der Waals surface area contributed by atoms with Gasteiger partial charge in [-0.25, -0.2) is 0 Å². The van der Waals surface area contributed by atoms with E-state index in [9.17, 15) is 22.8 Å². The summed E-state index contributed by atoms with van der Waals surface area (Å²) in [6.45, 7) is 1.34. The zero-order chi connectivity index (χ0) is 23.8. The summed E-state index contributed by atoms with van der Waals surface area (Å²) in [6.07, 6.45) is -4.57. The van der Waals surface area contributed by atoms with Crippen LogP contribution in [-0.4, -0.2) is 25.0 Å². The van der Waals surface area contributed by atoms with Crippen LogP contribution in [0.15, 0.2) is 78.9 Å². The molecule has 0 N–H and O–H groups in total. The third kappa shape index (κ3) is 6.83. The molecule has 0 saturated carbocycles. The standard InChI is InChI=1S/C25H22F3NO4/c1-2-32-24(31)17-29(20-12-10-19(11-13-20)25(26,27)28)23(30)16-18-8-14-22(15-9-18)33-21-6-4-3-5-7-21/h3-15H,2,16-17H2,1H3. The van der Waals surface area contributed by atoms with Crippen LogP contribution < -0.4 is 9.64 Å². The van der Waals surface area contributed by atoms with Gasteiger partial charge in [0.25, 0.3) is 0 Å². The summed E-state index contributed by atoms with van der Waals surface area (Å²) in [5, 5.41) is 0. The van der Waals surface area contributed by atoms with Gasteiger partial charge in [0.05, 0.1) is 18.6 Å². The summed E-state index contributed by atoms with van der Waals surface area (Å²) in [6, 6.07) is 20.1. The first-order valence-corrected chi connectivity index (χ1v) is 10.2. The minimum atomic E-state index is -4.50. The van der Waals surface area contributed by atoms with Crippen molar-refractivity contribution < 1.29 is 32.2 Å². The molecule has 0 bridgehead atoms. The number of hydrogen-bond donors (Lipinski definition) is 0. The maximum Gasteiger partial charge on any atom is 0.416 e. The molecule has 5 nitrogen and oxygen atoms in total. The van der Waals surface area contributed by atoms with E-state index in [2.05, 4.69) is 0 Å². The maximum atomic E-state index is 13.0. The van der Waals surface area contributed by atoms with Gasteiger partial charge in [0, 0.05) is 5.69 Å². The van der Waals surface area contributed by atoms with Crippen LogP contribution >= 0.6 is 0 Å². The lowest BCUT2D eigenvalue weighted by Crippen LogP contribution is -2.37. The van der Waals surface area contributed by atoms with Crippen molar-refractivity contribution in [3.8, 4) is 11.5 Å². The highest BCUT2D eigenvalue weighted by molar-refractivity contribution is 5.98. The highest BCUT2D eigenvalue weighted by Gasteiger charge is 2.30. The van der Waals surface area contributed by atoms with Gasteiger partial charge in [-0.15, -0.1) is 0 Å². The van der Waals surface area contributed by atoms with Crippen molar-refractivity contribution in [2.45, 2.75) is 19.5 Å². The van der Waals surface area contributed by atoms with Gasteiger partial charge in [0.15, 0.2) is 0 Å². The topological polar surface area (TPSA) is 55.8 Å². The number of halogens is 3. The third-order valence-corrected chi connectivity index (χ3v) is 4.66. The number of benzene rings is 3. The minimum Gasteiger partial charge on any atom is -0.465 e. The number of carbonyl (C=O) groups excluding carboxylic acids is 2. The number of carbonyl (C=O) groups is 2. The molecule has 0 spiro atoms. The van der Waals surface area contributed by atoms with Gasteiger partial charge in [-0.05, 0) is 61.0 Å². The Kier molecular flexibility index (Phi) is 7.71. The molecule has 1 amide bonds. The SMILES string of the molecule is CCOC(=O)CN(C(=O)Cc1ccc(Oc2ccccc2)cc1)c1ccc(C(F)(F)F)cc1. The second-order valence-corrected chi connectivity index (χ2v) is 7.07. The van der Waals surface area contributed by atoms with E-state index >= 15 is 0 Å². The molecule has 0 heterocycles. The van der Waals surface area contributed by atoms with Gasteiger partial charge in [0.2, 0.25) is 5.91 Å². The molecule has 33 heavy (non-hydrogen) atoms. The van der Waals surface area contributed by atoms with E-state index in [0.717, 1.165) is 29.2 Å². The van der Waals surface area contributed by atoms with E-state index in [0.29, 0.717) is 17.1 Å². The second kappa shape index (κ2) is 10.7. The van der Waals surface area contributed by atoms with E-state index < -0.39 is 30.2 Å². The highest BCUT2D eigenvalue weighted by Crippen LogP contribution is 2.31. The van der Waals surface area contributed by atoms with Crippen molar-refractivity contribution in [2.24, 2.45) is 0 Å². The molecule has 3 aromatic carbocycles. The van der Waals surface area contributed by atoms with Crippen molar-refractivity contribution in [3.05, 3.63) is 90.0 Å². The predicted octanol–water partition coefficient (Wildman–Crippen LogP) is 5.64. The van der Waals surface area contributed by atoms with Crippen LogP contribution in [-0.2, 0) is 26.9 Å². The number of rotatable bonds is 8. The van der Waals surface area contributed by atoms with Gasteiger partial charge >= 0.3 is 12.1 Å². The molecule has 0 aromatic heterocycles. The van der Waals surface area contributed by atoms with E-state index in [4.69, 9.17) is 9.47 Å². The van der Waals surface area contributed by atoms with Crippen molar-refractivity contribution in [2.75, 3.05) is 18.1 Å². The molecule has 0 aliphatic rings. The zero-order valence-corrected chi connectivity index (χ0v) is 17.8. The fourth-order valence-corrected chi connectivity index (χ4v) is 3.06. The smallest absolute Gasteiger partial charge is 0.416 e. The largest absolute Gasteiger partial charge is 0.465 e. The summed E-state index contributed by atoms with van der Waals surface area (Å²) in [4.78, 5) is 26.1. The van der Waals surface area contributed by atoms with E-state index in [1.807, 2.05) is 30.3 Å². The molecule has 0 aliphatic carbocycles. The van der Waals surface area contributed by atoms with Gasteiger partial charge in [-0.3, -0.25) is 9.59 Å². The zero-order valence-electron chi connectivity index (χ0n) is 17.8. The average molecular weight is 457 g/mol. The minimum absolute atomic E-state index is 0.0634. The second-order valence-electron chi connectivity index (χ2n) is 7.07. The van der Waals surface area contributed by atoms with Gasteiger partial charge < -0.3 is 14.4 Å². The average Bonchev–Trinajstić information content (AvgIpc) is 2.79. The molecule has 3 rings (SSSR count). The van der Waals surface area contributed by atoms with Crippen LogP contribution in [0.4, 0.5) is 18.9 Å². The number of alkyl halides is 3. The molecule has 0 radical (unpaired) electrons. The Balaban J connectivity index is 1.74. The fraction of sp³-hybridized carbons (Fsp3) is 0.200. The lowest BCUT2D eigenvalue weighted by atomic mass is 10.1. The first kappa shape index (κ1) is 23.8. The molecule has 0 saturated heterocycles. The molecule has 0 aliphatic heterocycles. The van der Waals surface area contributed by atoms with Crippen molar-refractivity contribution >= 4 is 17.6 Å². The molecule has 0 atom stereocenters. The Bertz CT molecular complexity index is 1070. The number of nitrogens with zero attached hydrogens (tertiary/aromatic N) is 1. The molecule has 172 valence electrons. The number of amides is 1. The summed E-state index contributed by atoms with van der Waals surface area (Å²) in [5.41, 5.74) is -0.0185. The molecular weight excluding hydrogens is 435 g/mol. The van der Waals surface area contributed by atoms with Crippen LogP contribution in [0.3, 0.4) is 0 Å². The van der Waals surface area contributed by atoms with Gasteiger partial charge in [-0.1, -0.05) is 30.3 Å². The Morgan fingerprint density at radius 1 is 0.848 bits per heavy atom. The molecule has 8 heteroatoms. The lowest BCUT2D eigenvalue weighted by molar-refractivity contribution is -0.142. The monoisotopic (exact) mass is 457 g/mol. The summed E-state index contributed by atoms with van der Waals surface area (Å²) in [7, 11) is 0. The van der Waals surface area contributed by atoms with Gasteiger partial charge in [-0.2, -0.15) is 13.2 Å². The van der Waals surface area contributed by atoms with E-state index in [-0.39, 0.29) is 18.7 Å². The number of esters is 1. The van der Waals surface area contributed by atoms with Crippen LogP contribution in [0.2, 0.25) is 0 Å². The summed E-state index contributed by atoms with van der Waals surface area (Å²) >= 11 is 0. The summed E-state index contributed by atoms with van der Waals surface area (Å²) in [5.74, 6) is 0.143. The first-order valence-electron chi connectivity index (χ1n) is 10.2. The normalized spacial score (nSPS) is 11.0. The number of ether oxygens (including phenoxy) is 2. The third-order valence-electron chi connectivity index (χ3n) is 4.66. The lowest BCUT2D eigenvalue weighted by Gasteiger charge is -2.22. The Morgan fingerprint density at radius 2 is 1.45 bits per heavy atom.